The van der Waals surface area contributed by atoms with E-state index in [9.17, 15) is 0 Å². The Bertz CT molecular complexity index is 250. The molecule has 98 valence electrons. The minimum absolute atomic E-state index is 0.487. The summed E-state index contributed by atoms with van der Waals surface area (Å²) in [5, 5.41) is 3.40. The molecule has 1 unspecified atom stereocenters. The standard InChI is InChI=1S/C14H27N3/c1-11(12-7-3-2-4-8-12)16-14(15)17-13-9-5-6-10-13/h11-13H,2-10H2,1H3,(H3,15,16,17). The Morgan fingerprint density at radius 1 is 1.06 bits per heavy atom. The summed E-state index contributed by atoms with van der Waals surface area (Å²) in [6.45, 7) is 2.26. The van der Waals surface area contributed by atoms with Crippen molar-refractivity contribution in [3.8, 4) is 0 Å². The summed E-state index contributed by atoms with van der Waals surface area (Å²) in [5.41, 5.74) is 6.00. The van der Waals surface area contributed by atoms with Gasteiger partial charge in [-0.3, -0.25) is 4.99 Å². The first kappa shape index (κ1) is 12.7. The minimum Gasteiger partial charge on any atom is -0.370 e. The van der Waals surface area contributed by atoms with Gasteiger partial charge in [0.1, 0.15) is 0 Å². The SMILES string of the molecule is CC(NC(N)=NC1CCCC1)C1CCCCC1. The Hall–Kier alpha value is -0.730. The number of hydrogen-bond donors (Lipinski definition) is 2. The third-order valence-corrected chi connectivity index (χ3v) is 4.38. The highest BCUT2D eigenvalue weighted by molar-refractivity contribution is 5.78. The third-order valence-electron chi connectivity index (χ3n) is 4.38. The predicted molar refractivity (Wildman–Crippen MR) is 73.1 cm³/mol. The van der Waals surface area contributed by atoms with Crippen LogP contribution in [0.3, 0.4) is 0 Å². The summed E-state index contributed by atoms with van der Waals surface area (Å²) in [6, 6.07) is 0.974. The molecule has 2 aliphatic carbocycles. The molecular weight excluding hydrogens is 210 g/mol. The molecule has 2 fully saturated rings. The van der Waals surface area contributed by atoms with Crippen LogP contribution in [0.15, 0.2) is 4.99 Å². The number of hydrogen-bond acceptors (Lipinski definition) is 1. The van der Waals surface area contributed by atoms with Gasteiger partial charge in [-0.05, 0) is 38.5 Å². The van der Waals surface area contributed by atoms with Gasteiger partial charge in [-0.25, -0.2) is 0 Å². The fourth-order valence-electron chi connectivity index (χ4n) is 3.25. The van der Waals surface area contributed by atoms with Gasteiger partial charge < -0.3 is 11.1 Å². The lowest BCUT2D eigenvalue weighted by molar-refractivity contribution is 0.301. The molecule has 2 aliphatic rings. The molecule has 0 aromatic rings. The highest BCUT2D eigenvalue weighted by Gasteiger charge is 2.21. The van der Waals surface area contributed by atoms with Crippen molar-refractivity contribution >= 4 is 5.96 Å². The van der Waals surface area contributed by atoms with E-state index in [4.69, 9.17) is 5.73 Å². The number of nitrogens with one attached hydrogen (secondary N) is 1. The fraction of sp³-hybridized carbons (Fsp3) is 0.929. The van der Waals surface area contributed by atoms with Crippen LogP contribution in [0.5, 0.6) is 0 Å². The average molecular weight is 237 g/mol. The lowest BCUT2D eigenvalue weighted by Gasteiger charge is -2.28. The second-order valence-corrected chi connectivity index (χ2v) is 5.78. The number of rotatable bonds is 3. The molecule has 2 rings (SSSR count). The summed E-state index contributed by atoms with van der Waals surface area (Å²) in [4.78, 5) is 4.59. The molecule has 0 radical (unpaired) electrons. The van der Waals surface area contributed by atoms with E-state index in [0.29, 0.717) is 18.0 Å². The molecule has 0 aliphatic heterocycles. The molecule has 2 saturated carbocycles. The van der Waals surface area contributed by atoms with Crippen LogP contribution in [0.25, 0.3) is 0 Å². The fourth-order valence-corrected chi connectivity index (χ4v) is 3.25. The van der Waals surface area contributed by atoms with Crippen LogP contribution in [0.1, 0.15) is 64.7 Å². The van der Waals surface area contributed by atoms with E-state index in [-0.39, 0.29) is 0 Å². The zero-order valence-electron chi connectivity index (χ0n) is 11.1. The van der Waals surface area contributed by atoms with Crippen LogP contribution >= 0.6 is 0 Å². The molecule has 0 aromatic carbocycles. The Kier molecular flexibility index (Phi) is 4.69. The van der Waals surface area contributed by atoms with Crippen LogP contribution in [0.2, 0.25) is 0 Å². The largest absolute Gasteiger partial charge is 0.370 e. The van der Waals surface area contributed by atoms with Crippen molar-refractivity contribution in [2.45, 2.75) is 76.8 Å². The van der Waals surface area contributed by atoms with Crippen LogP contribution in [-0.4, -0.2) is 18.0 Å². The molecule has 0 heterocycles. The van der Waals surface area contributed by atoms with Crippen molar-refractivity contribution in [3.05, 3.63) is 0 Å². The van der Waals surface area contributed by atoms with Gasteiger partial charge in [-0.15, -0.1) is 0 Å². The van der Waals surface area contributed by atoms with Gasteiger partial charge in [0.05, 0.1) is 6.04 Å². The minimum atomic E-state index is 0.487. The van der Waals surface area contributed by atoms with Gasteiger partial charge in [-0.2, -0.15) is 0 Å². The Balaban J connectivity index is 1.77. The smallest absolute Gasteiger partial charge is 0.189 e. The maximum Gasteiger partial charge on any atom is 0.189 e. The number of nitrogens with two attached hydrogens (primary N) is 1. The molecule has 0 amide bonds. The third kappa shape index (κ3) is 3.90. The summed E-state index contributed by atoms with van der Waals surface area (Å²) >= 11 is 0. The van der Waals surface area contributed by atoms with E-state index in [1.54, 1.807) is 0 Å². The number of aliphatic imine (C=N–C) groups is 1. The molecule has 1 atom stereocenters. The van der Waals surface area contributed by atoms with E-state index < -0.39 is 0 Å². The van der Waals surface area contributed by atoms with E-state index in [1.165, 1.54) is 57.8 Å². The number of nitrogens with zero attached hydrogens (tertiary/aromatic N) is 1. The first-order chi connectivity index (χ1) is 8.25. The van der Waals surface area contributed by atoms with E-state index in [0.717, 1.165) is 5.92 Å². The van der Waals surface area contributed by atoms with E-state index in [1.807, 2.05) is 0 Å². The van der Waals surface area contributed by atoms with Gasteiger partial charge >= 0.3 is 0 Å². The Morgan fingerprint density at radius 2 is 1.65 bits per heavy atom. The van der Waals surface area contributed by atoms with Gasteiger partial charge in [0.2, 0.25) is 0 Å². The summed E-state index contributed by atoms with van der Waals surface area (Å²) in [5.74, 6) is 1.47. The van der Waals surface area contributed by atoms with Gasteiger partial charge in [0.25, 0.3) is 0 Å². The highest BCUT2D eigenvalue weighted by atomic mass is 15.1. The Labute approximate surface area is 105 Å². The Morgan fingerprint density at radius 3 is 2.29 bits per heavy atom. The van der Waals surface area contributed by atoms with Crippen molar-refractivity contribution in [3.63, 3.8) is 0 Å². The lowest BCUT2D eigenvalue weighted by Crippen LogP contribution is -2.43. The maximum atomic E-state index is 6.00. The number of guanidine groups is 1. The van der Waals surface area contributed by atoms with Crippen LogP contribution in [0.4, 0.5) is 0 Å². The lowest BCUT2D eigenvalue weighted by atomic mass is 9.85. The average Bonchev–Trinajstić information content (AvgIpc) is 2.82. The summed E-state index contributed by atoms with van der Waals surface area (Å²) in [6.07, 6.45) is 12.0. The molecule has 3 nitrogen and oxygen atoms in total. The molecule has 0 aromatic heterocycles. The molecule has 3 heteroatoms. The van der Waals surface area contributed by atoms with Crippen LogP contribution in [-0.2, 0) is 0 Å². The second-order valence-electron chi connectivity index (χ2n) is 5.78. The monoisotopic (exact) mass is 237 g/mol. The first-order valence-corrected chi connectivity index (χ1v) is 7.35. The van der Waals surface area contributed by atoms with E-state index in [2.05, 4.69) is 17.2 Å². The molecule has 17 heavy (non-hydrogen) atoms. The first-order valence-electron chi connectivity index (χ1n) is 7.35. The summed E-state index contributed by atoms with van der Waals surface area (Å²) in [7, 11) is 0. The van der Waals surface area contributed by atoms with Crippen molar-refractivity contribution < 1.29 is 0 Å². The quantitative estimate of drug-likeness (QED) is 0.586. The normalized spacial score (nSPS) is 26.1. The van der Waals surface area contributed by atoms with Crippen LogP contribution < -0.4 is 11.1 Å². The zero-order chi connectivity index (χ0) is 12.1. The van der Waals surface area contributed by atoms with Crippen LogP contribution in [0, 0.1) is 5.92 Å². The van der Waals surface area contributed by atoms with Gasteiger partial charge in [0, 0.05) is 6.04 Å². The molecule has 0 spiro atoms. The van der Waals surface area contributed by atoms with Gasteiger partial charge in [0.15, 0.2) is 5.96 Å². The van der Waals surface area contributed by atoms with Crippen molar-refractivity contribution in [1.82, 2.24) is 5.32 Å². The van der Waals surface area contributed by atoms with Gasteiger partial charge in [-0.1, -0.05) is 32.1 Å². The highest BCUT2D eigenvalue weighted by Crippen LogP contribution is 2.26. The topological polar surface area (TPSA) is 50.4 Å². The molecule has 0 saturated heterocycles. The molecule has 3 N–H and O–H groups in total. The molecular formula is C14H27N3. The molecule has 0 bridgehead atoms. The van der Waals surface area contributed by atoms with Crippen molar-refractivity contribution in [1.29, 1.82) is 0 Å². The van der Waals surface area contributed by atoms with Crippen molar-refractivity contribution in [2.75, 3.05) is 0 Å². The van der Waals surface area contributed by atoms with E-state index >= 15 is 0 Å². The summed E-state index contributed by atoms with van der Waals surface area (Å²) < 4.78 is 0. The zero-order valence-corrected chi connectivity index (χ0v) is 11.1. The van der Waals surface area contributed by atoms with Crippen molar-refractivity contribution in [2.24, 2.45) is 16.6 Å². The second kappa shape index (κ2) is 6.27. The predicted octanol–water partition coefficient (Wildman–Crippen LogP) is 2.80. The maximum absolute atomic E-state index is 6.00.